The molecule has 106 valence electrons. The molecule has 19 heavy (non-hydrogen) atoms. The van der Waals surface area contributed by atoms with Gasteiger partial charge in [0.15, 0.2) is 0 Å². The van der Waals surface area contributed by atoms with Crippen molar-refractivity contribution in [3.63, 3.8) is 0 Å². The Bertz CT molecular complexity index is 408. The first-order valence-electron chi connectivity index (χ1n) is 7.00. The van der Waals surface area contributed by atoms with Crippen LogP contribution in [0.3, 0.4) is 0 Å². The first-order chi connectivity index (χ1) is 9.24. The zero-order chi connectivity index (χ0) is 13.7. The molecule has 6 nitrogen and oxygen atoms in total. The van der Waals surface area contributed by atoms with Crippen LogP contribution in [0.15, 0.2) is 6.07 Å². The van der Waals surface area contributed by atoms with Crippen LogP contribution < -0.4 is 16.0 Å². The Morgan fingerprint density at radius 3 is 2.84 bits per heavy atom. The fourth-order valence-electron chi connectivity index (χ4n) is 2.23. The topological polar surface area (TPSA) is 87.3 Å². The van der Waals surface area contributed by atoms with Crippen LogP contribution >= 0.6 is 0 Å². The summed E-state index contributed by atoms with van der Waals surface area (Å²) in [6, 6.07) is 2.39. The lowest BCUT2D eigenvalue weighted by molar-refractivity contribution is 0.283. The van der Waals surface area contributed by atoms with Gasteiger partial charge in [0.25, 0.3) is 0 Å². The summed E-state index contributed by atoms with van der Waals surface area (Å²) in [6.45, 7) is 3.68. The lowest BCUT2D eigenvalue weighted by atomic mass is 9.91. The third-order valence-corrected chi connectivity index (χ3v) is 3.44. The average Bonchev–Trinajstić information content (AvgIpc) is 2.33. The molecule has 1 aromatic rings. The highest BCUT2D eigenvalue weighted by Crippen LogP contribution is 2.29. The van der Waals surface area contributed by atoms with E-state index >= 15 is 0 Å². The molecule has 0 atom stereocenters. The number of aliphatic hydroxyl groups is 1. The molecule has 0 aliphatic heterocycles. The third-order valence-electron chi connectivity index (χ3n) is 3.44. The van der Waals surface area contributed by atoms with Gasteiger partial charge in [0, 0.05) is 25.2 Å². The van der Waals surface area contributed by atoms with E-state index in [1.807, 2.05) is 6.07 Å². The number of nitrogens with one attached hydrogen (secondary N) is 1. The first-order valence-corrected chi connectivity index (χ1v) is 7.00. The Balaban J connectivity index is 2.17. The van der Waals surface area contributed by atoms with Crippen LogP contribution in [0.5, 0.6) is 0 Å². The largest absolute Gasteiger partial charge is 0.395 e. The SMILES string of the molecule is CCCNc1cc(N(CCO)C2CCC2)nc(N)n1. The lowest BCUT2D eigenvalue weighted by Gasteiger charge is -2.38. The van der Waals surface area contributed by atoms with E-state index in [2.05, 4.69) is 27.1 Å². The minimum absolute atomic E-state index is 0.123. The van der Waals surface area contributed by atoms with Crippen molar-refractivity contribution >= 4 is 17.6 Å². The van der Waals surface area contributed by atoms with E-state index in [-0.39, 0.29) is 12.6 Å². The number of aliphatic hydroxyl groups excluding tert-OH is 1. The summed E-state index contributed by atoms with van der Waals surface area (Å²) in [5, 5.41) is 12.4. The van der Waals surface area contributed by atoms with Gasteiger partial charge in [0.2, 0.25) is 5.95 Å². The maximum Gasteiger partial charge on any atom is 0.223 e. The van der Waals surface area contributed by atoms with Crippen molar-refractivity contribution in [2.45, 2.75) is 38.6 Å². The van der Waals surface area contributed by atoms with Crippen molar-refractivity contribution in [3.8, 4) is 0 Å². The molecule has 0 aromatic carbocycles. The van der Waals surface area contributed by atoms with Crippen molar-refractivity contribution in [3.05, 3.63) is 6.07 Å². The summed E-state index contributed by atoms with van der Waals surface area (Å²) >= 11 is 0. The monoisotopic (exact) mass is 265 g/mol. The predicted molar refractivity (Wildman–Crippen MR) is 77.3 cm³/mol. The molecule has 6 heteroatoms. The van der Waals surface area contributed by atoms with Crippen molar-refractivity contribution in [1.82, 2.24) is 9.97 Å². The summed E-state index contributed by atoms with van der Waals surface area (Å²) in [6.07, 6.45) is 4.58. The Kier molecular flexibility index (Phi) is 4.79. The molecule has 2 rings (SSSR count). The second-order valence-electron chi connectivity index (χ2n) is 4.90. The fourth-order valence-corrected chi connectivity index (χ4v) is 2.23. The van der Waals surface area contributed by atoms with Gasteiger partial charge in [-0.2, -0.15) is 9.97 Å². The predicted octanol–water partition coefficient (Wildman–Crippen LogP) is 1.23. The van der Waals surface area contributed by atoms with E-state index in [1.165, 1.54) is 6.42 Å². The molecular weight excluding hydrogens is 242 g/mol. The quantitative estimate of drug-likeness (QED) is 0.687. The van der Waals surface area contributed by atoms with Gasteiger partial charge in [0.1, 0.15) is 11.6 Å². The molecule has 0 amide bonds. The van der Waals surface area contributed by atoms with Gasteiger partial charge in [-0.3, -0.25) is 0 Å². The fraction of sp³-hybridized carbons (Fsp3) is 0.692. The van der Waals surface area contributed by atoms with Gasteiger partial charge < -0.3 is 21.1 Å². The summed E-state index contributed by atoms with van der Waals surface area (Å²) in [5.41, 5.74) is 5.77. The summed E-state index contributed by atoms with van der Waals surface area (Å²) < 4.78 is 0. The van der Waals surface area contributed by atoms with E-state index in [9.17, 15) is 5.11 Å². The average molecular weight is 265 g/mol. The molecule has 0 spiro atoms. The van der Waals surface area contributed by atoms with Gasteiger partial charge in [-0.05, 0) is 25.7 Å². The molecule has 1 saturated carbocycles. The van der Waals surface area contributed by atoms with Gasteiger partial charge in [-0.25, -0.2) is 0 Å². The minimum atomic E-state index is 0.123. The zero-order valence-electron chi connectivity index (χ0n) is 11.5. The number of hydrogen-bond acceptors (Lipinski definition) is 6. The number of nitrogens with zero attached hydrogens (tertiary/aromatic N) is 3. The minimum Gasteiger partial charge on any atom is -0.395 e. The normalized spacial score (nSPS) is 15.1. The molecule has 1 heterocycles. The van der Waals surface area contributed by atoms with Crippen molar-refractivity contribution < 1.29 is 5.11 Å². The third kappa shape index (κ3) is 3.47. The number of anilines is 3. The molecular formula is C13H23N5O. The molecule has 0 saturated heterocycles. The van der Waals surface area contributed by atoms with E-state index in [0.717, 1.165) is 37.4 Å². The summed E-state index contributed by atoms with van der Waals surface area (Å²) in [4.78, 5) is 10.6. The van der Waals surface area contributed by atoms with Crippen LogP contribution in [0.1, 0.15) is 32.6 Å². The molecule has 1 aliphatic rings. The van der Waals surface area contributed by atoms with Crippen LogP contribution in [0.25, 0.3) is 0 Å². The molecule has 0 bridgehead atoms. The van der Waals surface area contributed by atoms with Gasteiger partial charge in [-0.1, -0.05) is 6.92 Å². The first kappa shape index (κ1) is 13.9. The standard InChI is InChI=1S/C13H23N5O/c1-2-6-15-11-9-12(17-13(14)16-11)18(7-8-19)10-4-3-5-10/h9-10,19H,2-8H2,1H3,(H3,14,15,16,17). The van der Waals surface area contributed by atoms with Crippen molar-refractivity contribution in [2.75, 3.05) is 35.6 Å². The Morgan fingerprint density at radius 1 is 1.47 bits per heavy atom. The summed E-state index contributed by atoms with van der Waals surface area (Å²) in [5.74, 6) is 1.84. The second kappa shape index (κ2) is 6.56. The number of aromatic nitrogens is 2. The highest BCUT2D eigenvalue weighted by Gasteiger charge is 2.26. The highest BCUT2D eigenvalue weighted by molar-refractivity contribution is 5.53. The molecule has 1 fully saturated rings. The second-order valence-corrected chi connectivity index (χ2v) is 4.90. The number of hydrogen-bond donors (Lipinski definition) is 3. The Morgan fingerprint density at radius 2 is 2.26 bits per heavy atom. The zero-order valence-corrected chi connectivity index (χ0v) is 11.5. The summed E-state index contributed by atoms with van der Waals surface area (Å²) in [7, 11) is 0. The van der Waals surface area contributed by atoms with Crippen LogP contribution in [0, 0.1) is 0 Å². The van der Waals surface area contributed by atoms with E-state index in [4.69, 9.17) is 5.73 Å². The van der Waals surface area contributed by atoms with E-state index in [0.29, 0.717) is 12.6 Å². The number of nitrogen functional groups attached to an aromatic ring is 1. The Labute approximate surface area is 114 Å². The van der Waals surface area contributed by atoms with Gasteiger partial charge >= 0.3 is 0 Å². The molecule has 0 unspecified atom stereocenters. The smallest absolute Gasteiger partial charge is 0.223 e. The maximum atomic E-state index is 9.21. The van der Waals surface area contributed by atoms with Crippen LogP contribution in [-0.4, -0.2) is 40.8 Å². The van der Waals surface area contributed by atoms with Crippen LogP contribution in [0.2, 0.25) is 0 Å². The van der Waals surface area contributed by atoms with E-state index < -0.39 is 0 Å². The molecule has 0 radical (unpaired) electrons. The van der Waals surface area contributed by atoms with Crippen molar-refractivity contribution in [1.29, 1.82) is 0 Å². The Hall–Kier alpha value is -1.56. The van der Waals surface area contributed by atoms with Gasteiger partial charge in [0.05, 0.1) is 6.61 Å². The number of nitrogens with two attached hydrogens (primary N) is 1. The lowest BCUT2D eigenvalue weighted by Crippen LogP contribution is -2.42. The van der Waals surface area contributed by atoms with E-state index in [1.54, 1.807) is 0 Å². The van der Waals surface area contributed by atoms with Gasteiger partial charge in [-0.15, -0.1) is 0 Å². The van der Waals surface area contributed by atoms with Crippen molar-refractivity contribution in [2.24, 2.45) is 0 Å². The van der Waals surface area contributed by atoms with Crippen LogP contribution in [-0.2, 0) is 0 Å². The highest BCUT2D eigenvalue weighted by atomic mass is 16.3. The maximum absolute atomic E-state index is 9.21. The van der Waals surface area contributed by atoms with Crippen LogP contribution in [0.4, 0.5) is 17.6 Å². The molecule has 1 aromatic heterocycles. The molecule has 4 N–H and O–H groups in total. The number of rotatable bonds is 7. The molecule has 1 aliphatic carbocycles.